The Morgan fingerprint density at radius 1 is 0.789 bits per heavy atom. The third-order valence-electron chi connectivity index (χ3n) is 2.55. The van der Waals surface area contributed by atoms with Gasteiger partial charge in [-0.3, -0.25) is 0 Å². The van der Waals surface area contributed by atoms with E-state index in [4.69, 9.17) is 0 Å². The number of benzene rings is 2. The van der Waals surface area contributed by atoms with Crippen LogP contribution in [0.3, 0.4) is 0 Å². The third kappa shape index (κ3) is 5.16. The molecule has 0 spiro atoms. The molecule has 0 aromatic heterocycles. The van der Waals surface area contributed by atoms with Crippen molar-refractivity contribution in [1.82, 2.24) is 0 Å². The summed E-state index contributed by atoms with van der Waals surface area (Å²) in [6.45, 7) is 0. The van der Waals surface area contributed by atoms with Crippen LogP contribution >= 0.6 is 88.8 Å². The standard InChI is InChI=1S/C14H10Br2I2S/c15-11-3-1-9(13(17)5-11)7-19-8-10-2-4-12(16)6-14(10)18/h1-6H,7-8H2. The Kier molecular flexibility index (Phi) is 6.98. The average molecular weight is 624 g/mol. The van der Waals surface area contributed by atoms with Crippen molar-refractivity contribution in [2.75, 3.05) is 0 Å². The maximum atomic E-state index is 3.50. The lowest BCUT2D eigenvalue weighted by Gasteiger charge is -2.07. The van der Waals surface area contributed by atoms with Gasteiger partial charge in [0.2, 0.25) is 0 Å². The largest absolute Gasteiger partial charge is 0.152 e. The highest BCUT2D eigenvalue weighted by Gasteiger charge is 2.04. The van der Waals surface area contributed by atoms with E-state index in [1.807, 2.05) is 11.8 Å². The zero-order chi connectivity index (χ0) is 13.8. The van der Waals surface area contributed by atoms with E-state index < -0.39 is 0 Å². The summed E-state index contributed by atoms with van der Waals surface area (Å²) in [6.07, 6.45) is 0. The Balaban J connectivity index is 1.96. The number of halogens is 4. The fourth-order valence-electron chi connectivity index (χ4n) is 1.55. The minimum atomic E-state index is 1.05. The van der Waals surface area contributed by atoms with Crippen LogP contribution in [0.25, 0.3) is 0 Å². The summed E-state index contributed by atoms with van der Waals surface area (Å²) in [4.78, 5) is 0. The quantitative estimate of drug-likeness (QED) is 0.336. The normalized spacial score (nSPS) is 10.7. The molecule has 0 nitrogen and oxygen atoms in total. The molecule has 0 heterocycles. The van der Waals surface area contributed by atoms with Gasteiger partial charge in [0.25, 0.3) is 0 Å². The van der Waals surface area contributed by atoms with E-state index in [-0.39, 0.29) is 0 Å². The third-order valence-corrected chi connectivity index (χ3v) is 6.57. The van der Waals surface area contributed by atoms with Gasteiger partial charge < -0.3 is 0 Å². The lowest BCUT2D eigenvalue weighted by molar-refractivity contribution is 1.32. The molecule has 0 atom stereocenters. The molecule has 0 aliphatic carbocycles. The molecule has 0 aliphatic heterocycles. The van der Waals surface area contributed by atoms with E-state index >= 15 is 0 Å². The van der Waals surface area contributed by atoms with Gasteiger partial charge in [-0.05, 0) is 80.6 Å². The SMILES string of the molecule is Brc1ccc(CSCc2ccc(Br)cc2I)c(I)c1. The highest BCUT2D eigenvalue weighted by Crippen LogP contribution is 2.27. The predicted octanol–water partition coefficient (Wildman–Crippen LogP) is 6.85. The molecule has 2 aromatic rings. The first-order valence-corrected chi connectivity index (χ1v) is 10.4. The second kappa shape index (κ2) is 8.00. The van der Waals surface area contributed by atoms with Crippen molar-refractivity contribution < 1.29 is 0 Å². The monoisotopic (exact) mass is 622 g/mol. The molecule has 0 aliphatic rings. The minimum Gasteiger partial charge on any atom is -0.152 e. The number of rotatable bonds is 4. The molecule has 0 fully saturated rings. The van der Waals surface area contributed by atoms with Crippen LogP contribution in [-0.2, 0) is 11.5 Å². The van der Waals surface area contributed by atoms with Crippen LogP contribution in [0.1, 0.15) is 11.1 Å². The highest BCUT2D eigenvalue weighted by atomic mass is 127. The van der Waals surface area contributed by atoms with E-state index in [2.05, 4.69) is 113 Å². The highest BCUT2D eigenvalue weighted by molar-refractivity contribution is 14.1. The average Bonchev–Trinajstić information content (AvgIpc) is 2.34. The lowest BCUT2D eigenvalue weighted by atomic mass is 10.2. The van der Waals surface area contributed by atoms with E-state index in [0.717, 1.165) is 20.5 Å². The first-order valence-electron chi connectivity index (χ1n) is 5.52. The van der Waals surface area contributed by atoms with E-state index in [1.165, 1.54) is 18.3 Å². The van der Waals surface area contributed by atoms with Crippen molar-refractivity contribution in [1.29, 1.82) is 0 Å². The molecule has 0 radical (unpaired) electrons. The zero-order valence-corrected chi connectivity index (χ0v) is 18.1. The molecule has 2 rings (SSSR count). The van der Waals surface area contributed by atoms with Gasteiger partial charge in [0, 0.05) is 27.6 Å². The second-order valence-corrected chi connectivity index (χ2v) is 9.11. The van der Waals surface area contributed by atoms with E-state index in [0.29, 0.717) is 0 Å². The van der Waals surface area contributed by atoms with Gasteiger partial charge >= 0.3 is 0 Å². The zero-order valence-electron chi connectivity index (χ0n) is 9.80. The smallest absolute Gasteiger partial charge is 0.0198 e. The van der Waals surface area contributed by atoms with Crippen LogP contribution in [0.2, 0.25) is 0 Å². The summed E-state index contributed by atoms with van der Waals surface area (Å²) in [5, 5.41) is 0. The Hall–Kier alpha value is 1.21. The fourth-order valence-corrected chi connectivity index (χ4v) is 6.10. The van der Waals surface area contributed by atoms with Crippen molar-refractivity contribution in [2.24, 2.45) is 0 Å². The van der Waals surface area contributed by atoms with Gasteiger partial charge in [-0.1, -0.05) is 44.0 Å². The molecule has 0 saturated carbocycles. The van der Waals surface area contributed by atoms with Gasteiger partial charge in [-0.15, -0.1) is 0 Å². The summed E-state index contributed by atoms with van der Waals surface area (Å²) in [5.74, 6) is 2.11. The number of hydrogen-bond donors (Lipinski definition) is 0. The number of hydrogen-bond acceptors (Lipinski definition) is 1. The first-order chi connectivity index (χ1) is 9.06. The van der Waals surface area contributed by atoms with Gasteiger partial charge in [0.1, 0.15) is 0 Å². The van der Waals surface area contributed by atoms with Crippen LogP contribution in [0, 0.1) is 7.14 Å². The van der Waals surface area contributed by atoms with Crippen molar-refractivity contribution in [3.63, 3.8) is 0 Å². The summed E-state index contributed by atoms with van der Waals surface area (Å²) in [5.41, 5.74) is 2.81. The van der Waals surface area contributed by atoms with Crippen molar-refractivity contribution in [3.8, 4) is 0 Å². The van der Waals surface area contributed by atoms with Gasteiger partial charge in [-0.25, -0.2) is 0 Å². The van der Waals surface area contributed by atoms with Crippen LogP contribution in [0.4, 0.5) is 0 Å². The Morgan fingerprint density at radius 3 is 1.58 bits per heavy atom. The molecule has 100 valence electrons. The van der Waals surface area contributed by atoms with Crippen molar-refractivity contribution in [3.05, 3.63) is 63.6 Å². The van der Waals surface area contributed by atoms with Gasteiger partial charge in [-0.2, -0.15) is 11.8 Å². The Morgan fingerprint density at radius 2 is 1.21 bits per heavy atom. The van der Waals surface area contributed by atoms with Crippen LogP contribution in [-0.4, -0.2) is 0 Å². The van der Waals surface area contributed by atoms with Crippen LogP contribution in [0.5, 0.6) is 0 Å². The predicted molar refractivity (Wildman–Crippen MR) is 109 cm³/mol. The van der Waals surface area contributed by atoms with Gasteiger partial charge in [0.15, 0.2) is 0 Å². The Labute approximate surface area is 162 Å². The topological polar surface area (TPSA) is 0 Å². The molecular weight excluding hydrogens is 614 g/mol. The van der Waals surface area contributed by atoms with Crippen LogP contribution in [0.15, 0.2) is 45.3 Å². The molecule has 19 heavy (non-hydrogen) atoms. The molecule has 0 saturated heterocycles. The summed E-state index contributed by atoms with van der Waals surface area (Å²) in [7, 11) is 0. The molecule has 0 bridgehead atoms. The molecule has 2 aromatic carbocycles. The first kappa shape index (κ1) is 16.6. The molecule has 0 amide bonds. The second-order valence-electron chi connectivity index (χ2n) is 3.96. The molecule has 5 heteroatoms. The fraction of sp³-hybridized carbons (Fsp3) is 0.143. The number of thioether (sulfide) groups is 1. The van der Waals surface area contributed by atoms with Crippen LogP contribution < -0.4 is 0 Å². The molecular formula is C14H10Br2I2S. The summed E-state index contributed by atoms with van der Waals surface area (Å²) >= 11 is 13.8. The van der Waals surface area contributed by atoms with E-state index in [9.17, 15) is 0 Å². The van der Waals surface area contributed by atoms with Crippen molar-refractivity contribution in [2.45, 2.75) is 11.5 Å². The maximum absolute atomic E-state index is 3.50. The van der Waals surface area contributed by atoms with E-state index in [1.54, 1.807) is 0 Å². The molecule has 0 unspecified atom stereocenters. The Bertz CT molecular complexity index is 536. The summed E-state index contributed by atoms with van der Waals surface area (Å²) < 4.78 is 4.94. The minimum absolute atomic E-state index is 1.05. The van der Waals surface area contributed by atoms with Crippen molar-refractivity contribution >= 4 is 88.8 Å². The lowest BCUT2D eigenvalue weighted by Crippen LogP contribution is -1.89. The maximum Gasteiger partial charge on any atom is 0.0198 e. The van der Waals surface area contributed by atoms with Gasteiger partial charge in [0.05, 0.1) is 0 Å². The summed E-state index contributed by atoms with van der Waals surface area (Å²) in [6, 6.07) is 13.0. The molecule has 0 N–H and O–H groups in total.